The predicted molar refractivity (Wildman–Crippen MR) is 118 cm³/mol. The van der Waals surface area contributed by atoms with Gasteiger partial charge in [0.2, 0.25) is 0 Å². The highest BCUT2D eigenvalue weighted by Gasteiger charge is 2.13. The average Bonchev–Trinajstić information content (AvgIpc) is 3.06. The van der Waals surface area contributed by atoms with Gasteiger partial charge in [0, 0.05) is 25.1 Å². The van der Waals surface area contributed by atoms with Crippen molar-refractivity contribution in [3.63, 3.8) is 0 Å². The Balaban J connectivity index is 0.00000338. The van der Waals surface area contributed by atoms with E-state index in [0.29, 0.717) is 12.5 Å². The maximum absolute atomic E-state index is 5.42. The second kappa shape index (κ2) is 11.9. The van der Waals surface area contributed by atoms with Crippen molar-refractivity contribution < 1.29 is 4.52 Å². The fourth-order valence-electron chi connectivity index (χ4n) is 2.77. The third kappa shape index (κ3) is 6.30. The van der Waals surface area contributed by atoms with Crippen LogP contribution in [0.2, 0.25) is 0 Å². The van der Waals surface area contributed by atoms with Gasteiger partial charge in [-0.15, -0.1) is 24.0 Å². The fourth-order valence-corrected chi connectivity index (χ4v) is 2.77. The number of guanidine groups is 1. The monoisotopic (exact) mass is 470 g/mol. The highest BCUT2D eigenvalue weighted by Crippen LogP contribution is 2.17. The summed E-state index contributed by atoms with van der Waals surface area (Å²) in [6, 6.07) is 10.5. The molecule has 144 valence electrons. The van der Waals surface area contributed by atoms with Crippen molar-refractivity contribution in [1.82, 2.24) is 15.8 Å². The molecule has 0 aliphatic carbocycles. The zero-order chi connectivity index (χ0) is 18.1. The van der Waals surface area contributed by atoms with Crippen molar-refractivity contribution in [3.05, 3.63) is 52.9 Å². The molecular formula is C20H31IN4O. The van der Waals surface area contributed by atoms with Crippen LogP contribution < -0.4 is 10.6 Å². The van der Waals surface area contributed by atoms with Crippen molar-refractivity contribution in [1.29, 1.82) is 0 Å². The van der Waals surface area contributed by atoms with Crippen LogP contribution in [0.15, 0.2) is 39.8 Å². The van der Waals surface area contributed by atoms with Gasteiger partial charge in [0.1, 0.15) is 5.76 Å². The standard InChI is InChI=1S/C20H30N4O.HI/c1-5-18-17(19(6-2)25-24-18)14-23-20(21-7-3)22-13-15(4)16-11-9-8-10-12-16;/h8-12,15H,5-7,13-14H2,1-4H3,(H2,21,22,23);1H. The maximum Gasteiger partial charge on any atom is 0.191 e. The van der Waals surface area contributed by atoms with Gasteiger partial charge < -0.3 is 15.2 Å². The largest absolute Gasteiger partial charge is 0.361 e. The van der Waals surface area contributed by atoms with Crippen molar-refractivity contribution >= 4 is 29.9 Å². The Morgan fingerprint density at radius 3 is 2.46 bits per heavy atom. The first-order valence-electron chi connectivity index (χ1n) is 9.22. The molecule has 0 amide bonds. The summed E-state index contributed by atoms with van der Waals surface area (Å²) in [5, 5.41) is 10.9. The molecular weight excluding hydrogens is 439 g/mol. The summed E-state index contributed by atoms with van der Waals surface area (Å²) >= 11 is 0. The van der Waals surface area contributed by atoms with E-state index in [0.717, 1.165) is 48.9 Å². The summed E-state index contributed by atoms with van der Waals surface area (Å²) in [7, 11) is 0. The molecule has 0 aliphatic rings. The van der Waals surface area contributed by atoms with Crippen molar-refractivity contribution in [2.45, 2.75) is 53.0 Å². The maximum atomic E-state index is 5.42. The first-order valence-corrected chi connectivity index (χ1v) is 9.22. The first-order chi connectivity index (χ1) is 12.2. The molecule has 6 heteroatoms. The molecule has 1 aromatic carbocycles. The Hall–Kier alpha value is -1.57. The van der Waals surface area contributed by atoms with Gasteiger partial charge in [-0.05, 0) is 24.8 Å². The van der Waals surface area contributed by atoms with Crippen LogP contribution in [0.3, 0.4) is 0 Å². The minimum atomic E-state index is 0. The molecule has 0 aliphatic heterocycles. The average molecular weight is 470 g/mol. The zero-order valence-electron chi connectivity index (χ0n) is 16.2. The number of aromatic nitrogens is 1. The topological polar surface area (TPSA) is 62.5 Å². The van der Waals surface area contributed by atoms with Crippen LogP contribution in [0.5, 0.6) is 0 Å². The van der Waals surface area contributed by atoms with Crippen LogP contribution in [0, 0.1) is 0 Å². The summed E-state index contributed by atoms with van der Waals surface area (Å²) in [5.41, 5.74) is 3.46. The molecule has 2 rings (SSSR count). The molecule has 1 atom stereocenters. The number of hydrogen-bond acceptors (Lipinski definition) is 3. The number of aliphatic imine (C=N–C) groups is 1. The molecule has 0 radical (unpaired) electrons. The van der Waals surface area contributed by atoms with Gasteiger partial charge in [-0.1, -0.05) is 56.3 Å². The van der Waals surface area contributed by atoms with E-state index in [1.807, 2.05) is 6.07 Å². The lowest BCUT2D eigenvalue weighted by atomic mass is 10.0. The number of hydrogen-bond donors (Lipinski definition) is 2. The molecule has 0 fully saturated rings. The Labute approximate surface area is 174 Å². The molecule has 0 spiro atoms. The number of benzene rings is 1. The molecule has 2 N–H and O–H groups in total. The molecule has 26 heavy (non-hydrogen) atoms. The Bertz CT molecular complexity index is 648. The van der Waals surface area contributed by atoms with Gasteiger partial charge in [0.25, 0.3) is 0 Å². The summed E-state index contributed by atoms with van der Waals surface area (Å²) in [6.45, 7) is 10.7. The van der Waals surface area contributed by atoms with E-state index in [4.69, 9.17) is 9.52 Å². The van der Waals surface area contributed by atoms with Crippen molar-refractivity contribution in [2.24, 2.45) is 4.99 Å². The molecule has 2 aromatic rings. The van der Waals surface area contributed by atoms with Crippen molar-refractivity contribution in [3.8, 4) is 0 Å². The summed E-state index contributed by atoms with van der Waals surface area (Å²) in [5.74, 6) is 2.18. The number of rotatable bonds is 8. The van der Waals surface area contributed by atoms with E-state index < -0.39 is 0 Å². The van der Waals surface area contributed by atoms with Gasteiger partial charge in [-0.3, -0.25) is 0 Å². The second-order valence-corrected chi connectivity index (χ2v) is 6.13. The van der Waals surface area contributed by atoms with Gasteiger partial charge in [-0.25, -0.2) is 4.99 Å². The minimum absolute atomic E-state index is 0. The van der Waals surface area contributed by atoms with Gasteiger partial charge >= 0.3 is 0 Å². The third-order valence-corrected chi connectivity index (χ3v) is 4.29. The lowest BCUT2D eigenvalue weighted by Crippen LogP contribution is -2.39. The van der Waals surface area contributed by atoms with Crippen molar-refractivity contribution in [2.75, 3.05) is 13.1 Å². The van der Waals surface area contributed by atoms with Crippen LogP contribution >= 0.6 is 24.0 Å². The van der Waals surface area contributed by atoms with E-state index in [9.17, 15) is 0 Å². The van der Waals surface area contributed by atoms with Crippen LogP contribution in [0.25, 0.3) is 0 Å². The first kappa shape index (κ1) is 22.5. The van der Waals surface area contributed by atoms with Crippen LogP contribution in [-0.2, 0) is 19.4 Å². The number of halogens is 1. The lowest BCUT2D eigenvalue weighted by molar-refractivity contribution is 0.380. The van der Waals surface area contributed by atoms with E-state index in [1.54, 1.807) is 0 Å². The molecule has 1 heterocycles. The summed E-state index contributed by atoms with van der Waals surface area (Å²) < 4.78 is 5.42. The highest BCUT2D eigenvalue weighted by molar-refractivity contribution is 14.0. The van der Waals surface area contributed by atoms with E-state index in [2.05, 4.69) is 67.8 Å². The summed E-state index contributed by atoms with van der Waals surface area (Å²) in [6.07, 6.45) is 1.70. The number of nitrogens with one attached hydrogen (secondary N) is 2. The van der Waals surface area contributed by atoms with Gasteiger partial charge in [-0.2, -0.15) is 0 Å². The highest BCUT2D eigenvalue weighted by atomic mass is 127. The van der Waals surface area contributed by atoms with Gasteiger partial charge in [0.15, 0.2) is 5.96 Å². The summed E-state index contributed by atoms with van der Waals surface area (Å²) in [4.78, 5) is 4.73. The molecule has 0 saturated heterocycles. The minimum Gasteiger partial charge on any atom is -0.361 e. The predicted octanol–water partition coefficient (Wildman–Crippen LogP) is 4.28. The van der Waals surface area contributed by atoms with E-state index >= 15 is 0 Å². The lowest BCUT2D eigenvalue weighted by Gasteiger charge is -2.16. The SMILES string of the molecule is CCNC(=NCc1c(CC)noc1CC)NCC(C)c1ccccc1.I. The Morgan fingerprint density at radius 2 is 1.85 bits per heavy atom. The molecule has 5 nitrogen and oxygen atoms in total. The molecule has 1 unspecified atom stereocenters. The third-order valence-electron chi connectivity index (χ3n) is 4.29. The molecule has 0 bridgehead atoms. The fraction of sp³-hybridized carbons (Fsp3) is 0.500. The number of nitrogens with zero attached hydrogens (tertiary/aromatic N) is 2. The molecule has 1 aromatic heterocycles. The second-order valence-electron chi connectivity index (χ2n) is 6.13. The van der Waals surface area contributed by atoms with Gasteiger partial charge in [0.05, 0.1) is 12.2 Å². The van der Waals surface area contributed by atoms with Crippen LogP contribution in [0.1, 0.15) is 56.2 Å². The zero-order valence-corrected chi connectivity index (χ0v) is 18.5. The Morgan fingerprint density at radius 1 is 1.12 bits per heavy atom. The quantitative estimate of drug-likeness (QED) is 0.344. The normalized spacial score (nSPS) is 12.4. The van der Waals surface area contributed by atoms with Crippen LogP contribution in [-0.4, -0.2) is 24.2 Å². The Kier molecular flexibility index (Phi) is 10.3. The van der Waals surface area contributed by atoms with E-state index in [-0.39, 0.29) is 24.0 Å². The molecule has 0 saturated carbocycles. The van der Waals surface area contributed by atoms with Crippen LogP contribution in [0.4, 0.5) is 0 Å². The number of aryl methyl sites for hydroxylation is 2. The van der Waals surface area contributed by atoms with E-state index in [1.165, 1.54) is 5.56 Å². The smallest absolute Gasteiger partial charge is 0.191 e.